The third-order valence-electron chi connectivity index (χ3n) is 3.39. The Bertz CT molecular complexity index is 390. The van der Waals surface area contributed by atoms with Crippen molar-refractivity contribution in [1.82, 2.24) is 0 Å². The summed E-state index contributed by atoms with van der Waals surface area (Å²) in [6.07, 6.45) is 7.31. The molecule has 0 aromatic heterocycles. The molecule has 1 nitrogen and oxygen atoms in total. The highest BCUT2D eigenvalue weighted by Gasteiger charge is 2.41. The van der Waals surface area contributed by atoms with E-state index in [-0.39, 0.29) is 5.60 Å². The summed E-state index contributed by atoms with van der Waals surface area (Å²) in [6.45, 7) is 0. The van der Waals surface area contributed by atoms with Crippen LogP contribution in [-0.4, -0.2) is 11.4 Å². The molecule has 2 heteroatoms. The lowest BCUT2D eigenvalue weighted by Crippen LogP contribution is -2.25. The van der Waals surface area contributed by atoms with E-state index in [1.807, 2.05) is 17.8 Å². The third-order valence-corrected chi connectivity index (χ3v) is 4.55. The van der Waals surface area contributed by atoms with E-state index in [0.29, 0.717) is 0 Å². The molecule has 1 aliphatic carbocycles. The van der Waals surface area contributed by atoms with Gasteiger partial charge in [0.05, 0.1) is 0 Å². The molecule has 2 aliphatic rings. The summed E-state index contributed by atoms with van der Waals surface area (Å²) in [5, 5.41) is 1.10. The fourth-order valence-corrected chi connectivity index (χ4v) is 3.71. The minimum atomic E-state index is 0.186. The Morgan fingerprint density at radius 2 is 1.88 bits per heavy atom. The van der Waals surface area contributed by atoms with Crippen molar-refractivity contribution >= 4 is 17.8 Å². The zero-order valence-corrected chi connectivity index (χ0v) is 10.1. The Morgan fingerprint density at radius 1 is 1.12 bits per heavy atom. The van der Waals surface area contributed by atoms with Crippen molar-refractivity contribution in [2.75, 3.05) is 5.75 Å². The number of thioether (sulfide) groups is 1. The second-order valence-electron chi connectivity index (χ2n) is 4.65. The van der Waals surface area contributed by atoms with Crippen molar-refractivity contribution in [2.45, 2.75) is 31.3 Å². The summed E-state index contributed by atoms with van der Waals surface area (Å²) in [7, 11) is 0. The van der Waals surface area contributed by atoms with Gasteiger partial charge in [-0.15, -0.1) is 0 Å². The maximum Gasteiger partial charge on any atom is 0.154 e. The van der Waals surface area contributed by atoms with Crippen molar-refractivity contribution < 1.29 is 4.74 Å². The maximum absolute atomic E-state index is 6.14. The van der Waals surface area contributed by atoms with Gasteiger partial charge in [0.2, 0.25) is 0 Å². The van der Waals surface area contributed by atoms with Crippen LogP contribution in [0.4, 0.5) is 0 Å². The molecule has 1 aliphatic heterocycles. The Kier molecular flexibility index (Phi) is 2.68. The molecule has 1 aromatic rings. The van der Waals surface area contributed by atoms with E-state index < -0.39 is 0 Å². The number of ether oxygens (including phenoxy) is 1. The Labute approximate surface area is 101 Å². The molecule has 16 heavy (non-hydrogen) atoms. The van der Waals surface area contributed by atoms with Gasteiger partial charge in [0.25, 0.3) is 0 Å². The molecule has 84 valence electrons. The highest BCUT2D eigenvalue weighted by molar-refractivity contribution is 8.03. The molecule has 0 amide bonds. The second kappa shape index (κ2) is 4.17. The van der Waals surface area contributed by atoms with Gasteiger partial charge in [-0.3, -0.25) is 0 Å². The SMILES string of the molecule is C(=C1/OC2(CCCC2)CS1)/c1ccccc1. The van der Waals surface area contributed by atoms with Crippen molar-refractivity contribution in [3.05, 3.63) is 41.0 Å². The molecule has 2 fully saturated rings. The minimum absolute atomic E-state index is 0.186. The number of hydrogen-bond acceptors (Lipinski definition) is 2. The first kappa shape index (κ1) is 10.3. The Balaban J connectivity index is 1.76. The molecule has 0 unspecified atom stereocenters. The van der Waals surface area contributed by atoms with Crippen LogP contribution in [0.1, 0.15) is 31.2 Å². The number of rotatable bonds is 1. The van der Waals surface area contributed by atoms with E-state index in [0.717, 1.165) is 10.8 Å². The van der Waals surface area contributed by atoms with E-state index >= 15 is 0 Å². The number of hydrogen-bond donors (Lipinski definition) is 0. The van der Waals surface area contributed by atoms with E-state index in [1.54, 1.807) is 0 Å². The van der Waals surface area contributed by atoms with Gasteiger partial charge < -0.3 is 4.74 Å². The molecule has 3 rings (SSSR count). The van der Waals surface area contributed by atoms with Crippen LogP contribution in [-0.2, 0) is 4.74 Å². The van der Waals surface area contributed by atoms with Crippen LogP contribution >= 0.6 is 11.8 Å². The average Bonchev–Trinajstić information content (AvgIpc) is 2.92. The van der Waals surface area contributed by atoms with Crippen LogP contribution in [0.3, 0.4) is 0 Å². The van der Waals surface area contributed by atoms with Gasteiger partial charge in [-0.05, 0) is 37.3 Å². The lowest BCUT2D eigenvalue weighted by Gasteiger charge is -2.20. The molecule has 0 radical (unpaired) electrons. The molecule has 1 heterocycles. The van der Waals surface area contributed by atoms with Gasteiger partial charge in [-0.1, -0.05) is 42.1 Å². The molecule has 1 spiro atoms. The predicted octanol–water partition coefficient (Wildman–Crippen LogP) is 4.06. The van der Waals surface area contributed by atoms with Gasteiger partial charge in [-0.25, -0.2) is 0 Å². The molecule has 1 saturated heterocycles. The van der Waals surface area contributed by atoms with Crippen molar-refractivity contribution in [3.63, 3.8) is 0 Å². The summed E-state index contributed by atoms with van der Waals surface area (Å²) in [4.78, 5) is 0. The first-order valence-corrected chi connectivity index (χ1v) is 6.94. The maximum atomic E-state index is 6.14. The highest BCUT2D eigenvalue weighted by Crippen LogP contribution is 2.46. The lowest BCUT2D eigenvalue weighted by molar-refractivity contribution is 0.0583. The van der Waals surface area contributed by atoms with E-state index in [9.17, 15) is 0 Å². The molecule has 0 N–H and O–H groups in total. The van der Waals surface area contributed by atoms with Gasteiger partial charge in [0, 0.05) is 5.75 Å². The second-order valence-corrected chi connectivity index (χ2v) is 5.63. The monoisotopic (exact) mass is 232 g/mol. The first-order valence-electron chi connectivity index (χ1n) is 5.95. The molecule has 0 atom stereocenters. The van der Waals surface area contributed by atoms with Crippen molar-refractivity contribution in [1.29, 1.82) is 0 Å². The van der Waals surface area contributed by atoms with E-state index in [1.165, 1.54) is 31.2 Å². The van der Waals surface area contributed by atoms with Gasteiger partial charge in [0.15, 0.2) is 5.09 Å². The smallest absolute Gasteiger partial charge is 0.154 e. The minimum Gasteiger partial charge on any atom is -0.480 e. The van der Waals surface area contributed by atoms with Crippen molar-refractivity contribution in [3.8, 4) is 0 Å². The Hall–Kier alpha value is -0.890. The van der Waals surface area contributed by atoms with Crippen LogP contribution < -0.4 is 0 Å². The highest BCUT2D eigenvalue weighted by atomic mass is 32.2. The summed E-state index contributed by atoms with van der Waals surface area (Å²) in [5.41, 5.74) is 1.42. The van der Waals surface area contributed by atoms with Gasteiger partial charge >= 0.3 is 0 Å². The van der Waals surface area contributed by atoms with Gasteiger partial charge in [-0.2, -0.15) is 0 Å². The molecular weight excluding hydrogens is 216 g/mol. The first-order chi connectivity index (χ1) is 7.86. The fraction of sp³-hybridized carbons (Fsp3) is 0.429. The van der Waals surface area contributed by atoms with Crippen LogP contribution in [0.2, 0.25) is 0 Å². The molecule has 1 aromatic carbocycles. The predicted molar refractivity (Wildman–Crippen MR) is 69.2 cm³/mol. The zero-order valence-electron chi connectivity index (χ0n) is 9.32. The summed E-state index contributed by atoms with van der Waals surface area (Å²) in [6, 6.07) is 10.4. The zero-order chi connectivity index (χ0) is 10.8. The van der Waals surface area contributed by atoms with Crippen LogP contribution in [0.15, 0.2) is 35.4 Å². The largest absolute Gasteiger partial charge is 0.480 e. The Morgan fingerprint density at radius 3 is 2.62 bits per heavy atom. The number of benzene rings is 1. The van der Waals surface area contributed by atoms with E-state index in [4.69, 9.17) is 4.74 Å². The quantitative estimate of drug-likeness (QED) is 0.722. The normalized spacial score (nSPS) is 25.1. The molecule has 1 saturated carbocycles. The van der Waals surface area contributed by atoms with Crippen LogP contribution in [0.5, 0.6) is 0 Å². The molecule has 0 bridgehead atoms. The topological polar surface area (TPSA) is 9.23 Å². The van der Waals surface area contributed by atoms with Crippen molar-refractivity contribution in [2.24, 2.45) is 0 Å². The van der Waals surface area contributed by atoms with Crippen LogP contribution in [0, 0.1) is 0 Å². The summed E-state index contributed by atoms with van der Waals surface area (Å²) in [5.74, 6) is 1.14. The summed E-state index contributed by atoms with van der Waals surface area (Å²) < 4.78 is 6.14. The lowest BCUT2D eigenvalue weighted by atomic mass is 10.1. The average molecular weight is 232 g/mol. The third kappa shape index (κ3) is 1.99. The van der Waals surface area contributed by atoms with Gasteiger partial charge in [0.1, 0.15) is 5.60 Å². The summed E-state index contributed by atoms with van der Waals surface area (Å²) >= 11 is 1.87. The standard InChI is InChI=1S/C14H16OS/c1-2-6-12(7-3-1)10-13-15-14(11-16-13)8-4-5-9-14/h1-3,6-7,10H,4-5,8-9,11H2/b13-10+. The fourth-order valence-electron chi connectivity index (χ4n) is 2.50. The van der Waals surface area contributed by atoms with Crippen LogP contribution in [0.25, 0.3) is 6.08 Å². The molecular formula is C14H16OS. The van der Waals surface area contributed by atoms with E-state index in [2.05, 4.69) is 30.3 Å².